The molecule has 0 fully saturated rings. The molecule has 0 aromatic heterocycles. The number of aliphatic hydroxyl groups is 1. The lowest BCUT2D eigenvalue weighted by atomic mass is 10.0. The minimum absolute atomic E-state index is 0.336. The van der Waals surface area contributed by atoms with Gasteiger partial charge in [-0.05, 0) is 92.9 Å². The van der Waals surface area contributed by atoms with Gasteiger partial charge in [-0.2, -0.15) is 23.5 Å². The first kappa shape index (κ1) is 56.4. The average molecular weight is 734 g/mol. The lowest BCUT2D eigenvalue weighted by Gasteiger charge is -2.22. The van der Waals surface area contributed by atoms with E-state index in [-0.39, 0.29) is 0 Å². The van der Waals surface area contributed by atoms with Gasteiger partial charge in [0.05, 0.1) is 0 Å². The smallest absolute Gasteiger partial charge is 0.0443 e. The summed E-state index contributed by atoms with van der Waals surface area (Å²) in [5.74, 6) is 7.31. The highest BCUT2D eigenvalue weighted by Crippen LogP contribution is 2.19. The zero-order valence-electron chi connectivity index (χ0n) is 36.2. The van der Waals surface area contributed by atoms with Crippen LogP contribution in [-0.4, -0.2) is 59.3 Å². The van der Waals surface area contributed by atoms with E-state index >= 15 is 0 Å². The van der Waals surface area contributed by atoms with Crippen molar-refractivity contribution in [2.45, 2.75) is 230 Å². The zero-order valence-corrected chi connectivity index (χ0v) is 37.8. The third kappa shape index (κ3) is 53.1. The van der Waals surface area contributed by atoms with Gasteiger partial charge in [0.15, 0.2) is 0 Å². The van der Waals surface area contributed by atoms with E-state index in [1.807, 2.05) is 41.5 Å². The Balaban J connectivity index is -0.00000159. The van der Waals surface area contributed by atoms with Crippen LogP contribution in [-0.2, 0) is 0 Å². The number of aliphatic hydroxyl groups excluding tert-OH is 1. The van der Waals surface area contributed by atoms with Gasteiger partial charge < -0.3 is 10.0 Å². The topological polar surface area (TPSA) is 23.5 Å². The monoisotopic (exact) mass is 734 g/mol. The van der Waals surface area contributed by atoms with Crippen molar-refractivity contribution < 1.29 is 5.11 Å². The lowest BCUT2D eigenvalue weighted by Crippen LogP contribution is -2.27. The van der Waals surface area contributed by atoms with E-state index < -0.39 is 0 Å². The molecule has 0 heterocycles. The van der Waals surface area contributed by atoms with E-state index in [9.17, 15) is 5.11 Å². The van der Waals surface area contributed by atoms with Crippen LogP contribution in [0.4, 0.5) is 0 Å². The summed E-state index contributed by atoms with van der Waals surface area (Å²) < 4.78 is 0. The van der Waals surface area contributed by atoms with Gasteiger partial charge in [-0.3, -0.25) is 0 Å². The molecule has 2 nitrogen and oxygen atoms in total. The number of hydrogen-bond acceptors (Lipinski definition) is 4. The maximum atomic E-state index is 9.34. The number of nitrogens with zero attached hydrogens (tertiary/aromatic N) is 1. The van der Waals surface area contributed by atoms with Gasteiger partial charge in [0, 0.05) is 13.2 Å². The molecule has 0 aromatic rings. The van der Waals surface area contributed by atoms with E-state index in [0.717, 1.165) is 24.8 Å². The van der Waals surface area contributed by atoms with Gasteiger partial charge in [0.25, 0.3) is 0 Å². The molecule has 1 N–H and O–H groups in total. The van der Waals surface area contributed by atoms with Crippen LogP contribution in [0.25, 0.3) is 0 Å². The summed E-state index contributed by atoms with van der Waals surface area (Å²) in [4.78, 5) is 2.64. The Morgan fingerprint density at radius 3 is 1.06 bits per heavy atom. The fourth-order valence-electron chi connectivity index (χ4n) is 6.05. The number of thioether (sulfide) groups is 2. The van der Waals surface area contributed by atoms with Gasteiger partial charge in [0.2, 0.25) is 0 Å². The van der Waals surface area contributed by atoms with Crippen molar-refractivity contribution >= 4 is 23.5 Å². The Morgan fingerprint density at radius 2 is 0.714 bits per heavy atom. The molecule has 49 heavy (non-hydrogen) atoms. The van der Waals surface area contributed by atoms with E-state index in [2.05, 4.69) is 56.1 Å². The molecule has 4 heteroatoms. The molecule has 0 aliphatic carbocycles. The second kappa shape index (κ2) is 55.4. The van der Waals surface area contributed by atoms with E-state index in [0.29, 0.717) is 6.61 Å². The van der Waals surface area contributed by atoms with Crippen molar-refractivity contribution in [2.75, 3.05) is 49.3 Å². The molecule has 0 bridgehead atoms. The van der Waals surface area contributed by atoms with Gasteiger partial charge in [-0.25, -0.2) is 0 Å². The first-order valence-corrected chi connectivity index (χ1v) is 24.9. The molecule has 0 radical (unpaired) electrons. The Labute approximate surface area is 323 Å². The molecule has 0 saturated carbocycles. The molecular formula is C45H99NOS2. The van der Waals surface area contributed by atoms with Crippen molar-refractivity contribution in [2.24, 2.45) is 11.8 Å². The summed E-state index contributed by atoms with van der Waals surface area (Å²) in [7, 11) is 0. The van der Waals surface area contributed by atoms with Gasteiger partial charge >= 0.3 is 0 Å². The summed E-state index contributed by atoms with van der Waals surface area (Å²) in [6.07, 6.45) is 34.8. The van der Waals surface area contributed by atoms with Gasteiger partial charge in [-0.1, -0.05) is 185 Å². The van der Waals surface area contributed by atoms with Crippen LogP contribution in [0.3, 0.4) is 0 Å². The van der Waals surface area contributed by atoms with Crippen LogP contribution in [0.1, 0.15) is 230 Å². The molecule has 0 aliphatic rings. The quantitative estimate of drug-likeness (QED) is 0.0642. The predicted molar refractivity (Wildman–Crippen MR) is 237 cm³/mol. The first-order chi connectivity index (χ1) is 24.1. The van der Waals surface area contributed by atoms with Crippen molar-refractivity contribution in [3.8, 4) is 0 Å². The average Bonchev–Trinajstić information content (AvgIpc) is 3.14. The normalized spacial score (nSPS) is 12.0. The van der Waals surface area contributed by atoms with Gasteiger partial charge in [0.1, 0.15) is 0 Å². The van der Waals surface area contributed by atoms with Crippen LogP contribution in [0.2, 0.25) is 0 Å². The Bertz CT molecular complexity index is 466. The molecular weight excluding hydrogens is 635 g/mol. The number of rotatable bonds is 37. The lowest BCUT2D eigenvalue weighted by molar-refractivity contribution is 0.217. The Kier molecular flexibility index (Phi) is 63.7. The third-order valence-electron chi connectivity index (χ3n) is 9.06. The van der Waals surface area contributed by atoms with E-state index in [1.165, 1.54) is 190 Å². The van der Waals surface area contributed by atoms with Crippen molar-refractivity contribution in [3.05, 3.63) is 0 Å². The summed E-state index contributed by atoms with van der Waals surface area (Å²) in [6.45, 7) is 25.4. The highest BCUT2D eigenvalue weighted by Gasteiger charge is 2.06. The minimum atomic E-state index is 0.336. The molecule has 0 aliphatic heterocycles. The Hall–Kier alpha value is 0.620. The highest BCUT2D eigenvalue weighted by molar-refractivity contribution is 7.99. The standard InChI is InChI=1S/C39H81NOS2.3C2H6/c1-5-7-9-21-28-38(3)36-42-34-25-19-15-11-13-17-23-30-40(32-27-33-41)31-24-18-14-12-16-20-26-35-43-37-39(4)29-22-10-8-6-2;3*1-2/h38-39,41H,5-37H2,1-4H3;3*1-2H3. The SMILES string of the molecule is CC.CC.CC.CCCCCCC(C)CSCCCCCCCCCN(CCCO)CCCCCCCCCSCC(C)CCCCCC. The summed E-state index contributed by atoms with van der Waals surface area (Å²) >= 11 is 4.40. The Morgan fingerprint density at radius 1 is 0.408 bits per heavy atom. The summed E-state index contributed by atoms with van der Waals surface area (Å²) in [5.41, 5.74) is 0. The molecule has 0 rings (SSSR count). The third-order valence-corrected chi connectivity index (χ3v) is 11.8. The van der Waals surface area contributed by atoms with Crippen molar-refractivity contribution in [1.82, 2.24) is 4.90 Å². The maximum Gasteiger partial charge on any atom is 0.0443 e. The van der Waals surface area contributed by atoms with Crippen LogP contribution >= 0.6 is 23.5 Å². The predicted octanol–water partition coefficient (Wildman–Crippen LogP) is 15.9. The molecule has 0 spiro atoms. The number of unbranched alkanes of at least 4 members (excludes halogenated alkanes) is 18. The molecule has 302 valence electrons. The van der Waals surface area contributed by atoms with Crippen molar-refractivity contribution in [1.29, 1.82) is 0 Å². The van der Waals surface area contributed by atoms with Crippen LogP contribution < -0.4 is 0 Å². The zero-order chi connectivity index (χ0) is 37.5. The second-order valence-corrected chi connectivity index (χ2v) is 16.2. The van der Waals surface area contributed by atoms with Crippen LogP contribution in [0.15, 0.2) is 0 Å². The molecule has 0 aromatic carbocycles. The molecule has 0 amide bonds. The molecule has 0 saturated heterocycles. The fourth-order valence-corrected chi connectivity index (χ4v) is 8.34. The molecule has 2 atom stereocenters. The first-order valence-electron chi connectivity index (χ1n) is 22.6. The van der Waals surface area contributed by atoms with Gasteiger partial charge in [-0.15, -0.1) is 0 Å². The highest BCUT2D eigenvalue weighted by atomic mass is 32.2. The van der Waals surface area contributed by atoms with E-state index in [1.54, 1.807) is 0 Å². The maximum absolute atomic E-state index is 9.34. The summed E-state index contributed by atoms with van der Waals surface area (Å²) in [6, 6.07) is 0. The molecule has 2 unspecified atom stereocenters. The van der Waals surface area contributed by atoms with E-state index in [4.69, 9.17) is 0 Å². The minimum Gasteiger partial charge on any atom is -0.396 e. The fraction of sp³-hybridized carbons (Fsp3) is 1.00. The van der Waals surface area contributed by atoms with Crippen molar-refractivity contribution in [3.63, 3.8) is 0 Å². The second-order valence-electron chi connectivity index (χ2n) is 13.9. The largest absolute Gasteiger partial charge is 0.396 e. The van der Waals surface area contributed by atoms with Crippen LogP contribution in [0, 0.1) is 11.8 Å². The summed E-state index contributed by atoms with van der Waals surface area (Å²) in [5, 5.41) is 9.34. The number of hydrogen-bond donors (Lipinski definition) is 1. The van der Waals surface area contributed by atoms with Crippen LogP contribution in [0.5, 0.6) is 0 Å².